The van der Waals surface area contributed by atoms with Crippen molar-refractivity contribution in [1.82, 2.24) is 34.5 Å². The number of halogens is 1. The van der Waals surface area contributed by atoms with Crippen LogP contribution >= 0.6 is 25.8 Å². The van der Waals surface area contributed by atoms with E-state index in [1.807, 2.05) is 0 Å². The quantitative estimate of drug-likeness (QED) is 0.160. The lowest BCUT2D eigenvalue weighted by atomic mass is 10.1. The predicted molar refractivity (Wildman–Crippen MR) is 147 cm³/mol. The average molecular weight is 668 g/mol. The summed E-state index contributed by atoms with van der Waals surface area (Å²) < 4.78 is 58.4. The molecule has 1 aliphatic carbocycles. The lowest BCUT2D eigenvalue weighted by Crippen LogP contribution is -2.35. The molecular formula is C19H24FN9O9P2S2. The van der Waals surface area contributed by atoms with Gasteiger partial charge < -0.3 is 39.4 Å². The number of alkyl halides is 1. The SMILES string of the molecule is Nc1nc2c(ncn2[C@@H]2O[C@@H]3COP(O)(=S)O[C@@H]4[C@@H](COP(=O)(S)O[C@@H]2[C@@H]3O)C[C@@H](Nc2ncncn2)[C@@H]4F)c(=O)[nH]1. The van der Waals surface area contributed by atoms with Gasteiger partial charge in [0.1, 0.15) is 43.2 Å². The molecule has 0 amide bonds. The largest absolute Gasteiger partial charge is 0.387 e. The number of aromatic nitrogens is 7. The number of ether oxygens (including phenoxy) is 1. The number of nitrogens with two attached hydrogens (primary N) is 1. The zero-order chi connectivity index (χ0) is 29.8. The fourth-order valence-electron chi connectivity index (χ4n) is 5.05. The van der Waals surface area contributed by atoms with Gasteiger partial charge in [-0.25, -0.2) is 28.9 Å². The van der Waals surface area contributed by atoms with Crippen molar-refractivity contribution < 1.29 is 41.8 Å². The third kappa shape index (κ3) is 5.96. The number of anilines is 2. The molecule has 0 radical (unpaired) electrons. The number of rotatable bonds is 3. The Labute approximate surface area is 245 Å². The third-order valence-electron chi connectivity index (χ3n) is 6.93. The van der Waals surface area contributed by atoms with Gasteiger partial charge in [0.05, 0.1) is 25.6 Å². The van der Waals surface area contributed by atoms with Gasteiger partial charge in [0, 0.05) is 5.92 Å². The second-order valence-electron chi connectivity index (χ2n) is 9.65. The van der Waals surface area contributed by atoms with Crippen LogP contribution in [0.3, 0.4) is 0 Å². The molecule has 18 nitrogen and oxygen atoms in total. The fraction of sp³-hybridized carbons (Fsp3) is 0.579. The zero-order valence-corrected chi connectivity index (χ0v) is 24.6. The molecule has 6 N–H and O–H groups in total. The molecule has 5 heterocycles. The van der Waals surface area contributed by atoms with E-state index in [0.29, 0.717) is 0 Å². The number of aliphatic hydroxyl groups is 1. The summed E-state index contributed by atoms with van der Waals surface area (Å²) in [5.74, 6) is -0.920. The van der Waals surface area contributed by atoms with Gasteiger partial charge in [-0.1, -0.05) is 12.2 Å². The van der Waals surface area contributed by atoms with Crippen LogP contribution in [0.15, 0.2) is 23.8 Å². The van der Waals surface area contributed by atoms with E-state index in [1.165, 1.54) is 23.5 Å². The van der Waals surface area contributed by atoms with Crippen molar-refractivity contribution in [3.63, 3.8) is 0 Å². The predicted octanol–water partition coefficient (Wildman–Crippen LogP) is 0.0557. The molecule has 228 valence electrons. The number of nitrogen functional groups attached to an aromatic ring is 1. The number of nitrogens with zero attached hydrogens (tertiary/aromatic N) is 6. The van der Waals surface area contributed by atoms with Gasteiger partial charge in [-0.3, -0.25) is 18.9 Å². The molecule has 0 spiro atoms. The van der Waals surface area contributed by atoms with Crippen molar-refractivity contribution in [1.29, 1.82) is 0 Å². The Balaban J connectivity index is 1.29. The Hall–Kier alpha value is -2.16. The molecule has 3 fully saturated rings. The van der Waals surface area contributed by atoms with Crippen molar-refractivity contribution in [2.24, 2.45) is 5.92 Å². The van der Waals surface area contributed by atoms with Gasteiger partial charge in [-0.2, -0.15) is 4.98 Å². The second-order valence-corrected chi connectivity index (χ2v) is 15.3. The standard InChI is InChI=1S/C19H24FN9O9P2S2/c20-10-8(26-19-23-4-22-5-24-19)1-7-2-34-39(32,41)38-14-12(30)9(3-35-40(33,42)37-13(7)10)36-17(14)29-6-25-11-15(29)27-18(21)28-16(11)31/h4-10,12-14,17,30H,1-3H2,(H,32,41)(H,33,42)(H3,21,27,28,31)(H,22,23,24,26)/t7-,8-,9-,10+,12-,13-,14-,17-,39?,40?/m1/s1. The number of nitrogens with one attached hydrogen (secondary N) is 2. The molecule has 3 aromatic heterocycles. The molecule has 3 aromatic rings. The molecule has 23 heteroatoms. The minimum absolute atomic E-state index is 0.0187. The van der Waals surface area contributed by atoms with Crippen molar-refractivity contribution in [2.45, 2.75) is 49.3 Å². The monoisotopic (exact) mass is 667 g/mol. The van der Waals surface area contributed by atoms with E-state index in [4.69, 9.17) is 40.4 Å². The number of aliphatic hydroxyl groups excluding tert-OH is 1. The first-order valence-electron chi connectivity index (χ1n) is 12.3. The molecule has 2 unspecified atom stereocenters. The van der Waals surface area contributed by atoms with Crippen molar-refractivity contribution in [3.8, 4) is 0 Å². The van der Waals surface area contributed by atoms with Crippen LogP contribution in [-0.2, 0) is 39.2 Å². The van der Waals surface area contributed by atoms with Gasteiger partial charge in [-0.05, 0) is 18.2 Å². The highest BCUT2D eigenvalue weighted by Gasteiger charge is 2.52. The molecule has 6 rings (SSSR count). The number of aromatic amines is 1. The van der Waals surface area contributed by atoms with Gasteiger partial charge >= 0.3 is 13.5 Å². The number of imidazole rings is 1. The van der Waals surface area contributed by atoms with Gasteiger partial charge in [0.2, 0.25) is 11.9 Å². The Morgan fingerprint density at radius 1 is 1.21 bits per heavy atom. The maximum atomic E-state index is 15.6. The van der Waals surface area contributed by atoms with Crippen molar-refractivity contribution in [3.05, 3.63) is 29.3 Å². The minimum Gasteiger partial charge on any atom is -0.387 e. The Bertz CT molecular complexity index is 1620. The lowest BCUT2D eigenvalue weighted by molar-refractivity contribution is -0.0515. The molecule has 2 saturated heterocycles. The van der Waals surface area contributed by atoms with E-state index in [1.54, 1.807) is 0 Å². The normalized spacial score (nSPS) is 39.2. The first-order chi connectivity index (χ1) is 19.9. The van der Waals surface area contributed by atoms with Crippen LogP contribution in [0.1, 0.15) is 12.6 Å². The van der Waals surface area contributed by atoms with E-state index < -0.39 is 81.1 Å². The van der Waals surface area contributed by atoms with Gasteiger partial charge in [0.15, 0.2) is 17.4 Å². The molecule has 10 atom stereocenters. The number of hydrogen-bond acceptors (Lipinski definition) is 16. The average Bonchev–Trinajstić information content (AvgIpc) is 3.57. The third-order valence-corrected chi connectivity index (χ3v) is 10.1. The van der Waals surface area contributed by atoms with E-state index in [2.05, 4.69) is 47.5 Å². The van der Waals surface area contributed by atoms with E-state index in [-0.39, 0.29) is 29.5 Å². The molecule has 2 aliphatic heterocycles. The summed E-state index contributed by atoms with van der Waals surface area (Å²) >= 11 is 9.22. The van der Waals surface area contributed by atoms with Crippen LogP contribution < -0.4 is 16.6 Å². The van der Waals surface area contributed by atoms with E-state index in [9.17, 15) is 19.4 Å². The molecule has 0 aromatic carbocycles. The van der Waals surface area contributed by atoms with Crippen molar-refractivity contribution in [2.75, 3.05) is 24.3 Å². The van der Waals surface area contributed by atoms with Crippen LogP contribution in [-0.4, -0.2) is 94.3 Å². The van der Waals surface area contributed by atoms with Crippen LogP contribution in [0.25, 0.3) is 11.2 Å². The molecule has 1 saturated carbocycles. The van der Waals surface area contributed by atoms with Gasteiger partial charge in [0.25, 0.3) is 5.56 Å². The maximum absolute atomic E-state index is 15.6. The highest BCUT2D eigenvalue weighted by molar-refractivity contribution is 8.44. The molecule has 3 aliphatic rings. The van der Waals surface area contributed by atoms with Crippen LogP contribution in [0.5, 0.6) is 0 Å². The smallest absolute Gasteiger partial charge is 0.386 e. The summed E-state index contributed by atoms with van der Waals surface area (Å²) in [7, 11) is 0. The van der Waals surface area contributed by atoms with Crippen molar-refractivity contribution >= 4 is 60.6 Å². The summed E-state index contributed by atoms with van der Waals surface area (Å²) in [5, 5.41) is 13.9. The Morgan fingerprint density at radius 3 is 2.74 bits per heavy atom. The summed E-state index contributed by atoms with van der Waals surface area (Å²) in [6.07, 6.45) is -4.91. The molecular weight excluding hydrogens is 643 g/mol. The van der Waals surface area contributed by atoms with Crippen LogP contribution in [0.4, 0.5) is 16.3 Å². The number of fused-ring (bicyclic) bond motifs is 4. The molecule has 2 bridgehead atoms. The number of H-pyrrole nitrogens is 1. The van der Waals surface area contributed by atoms with E-state index in [0.717, 1.165) is 0 Å². The Kier molecular flexibility index (Phi) is 8.11. The van der Waals surface area contributed by atoms with Gasteiger partial charge in [-0.15, -0.1) is 0 Å². The number of thiol groups is 1. The summed E-state index contributed by atoms with van der Waals surface area (Å²) in [6, 6.07) is -0.905. The fourth-order valence-corrected chi connectivity index (χ4v) is 8.03. The summed E-state index contributed by atoms with van der Waals surface area (Å²) in [5.41, 5.74) is 4.95. The topological polar surface area (TPSA) is 244 Å². The number of hydrogen-bond donors (Lipinski definition) is 6. The highest BCUT2D eigenvalue weighted by Crippen LogP contribution is 2.58. The summed E-state index contributed by atoms with van der Waals surface area (Å²) in [6.45, 7) is -9.36. The lowest BCUT2D eigenvalue weighted by Gasteiger charge is -2.28. The Morgan fingerprint density at radius 2 is 1.98 bits per heavy atom. The first-order valence-corrected chi connectivity index (χ1v) is 17.6. The second kappa shape index (κ2) is 11.4. The zero-order valence-electron chi connectivity index (χ0n) is 21.1. The highest BCUT2D eigenvalue weighted by atomic mass is 32.7. The maximum Gasteiger partial charge on any atom is 0.386 e. The van der Waals surface area contributed by atoms with Crippen LogP contribution in [0, 0.1) is 5.92 Å². The summed E-state index contributed by atoms with van der Waals surface area (Å²) in [4.78, 5) is 45.1. The molecule has 42 heavy (non-hydrogen) atoms. The minimum atomic E-state index is -4.29. The first kappa shape index (κ1) is 29.9. The van der Waals surface area contributed by atoms with E-state index >= 15 is 4.39 Å². The van der Waals surface area contributed by atoms with Crippen LogP contribution in [0.2, 0.25) is 0 Å².